The number of hydrogen-bond donors (Lipinski definition) is 1. The van der Waals surface area contributed by atoms with Crippen LogP contribution in [-0.4, -0.2) is 48.1 Å². The average molecular weight is 406 g/mol. The Morgan fingerprint density at radius 1 is 1.17 bits per heavy atom. The minimum atomic E-state index is -4.37. The minimum absolute atomic E-state index is 0.160. The number of fused-ring (bicyclic) bond motifs is 1. The van der Waals surface area contributed by atoms with E-state index in [0.29, 0.717) is 36.9 Å². The summed E-state index contributed by atoms with van der Waals surface area (Å²) in [5, 5.41) is 2.85. The monoisotopic (exact) mass is 406 g/mol. The molecule has 1 saturated heterocycles. The van der Waals surface area contributed by atoms with Crippen LogP contribution in [0, 0.1) is 0 Å². The second kappa shape index (κ2) is 7.55. The molecule has 4 rings (SSSR count). The lowest BCUT2D eigenvalue weighted by molar-refractivity contribution is -0.137. The highest BCUT2D eigenvalue weighted by molar-refractivity contribution is 5.97. The Morgan fingerprint density at radius 3 is 2.59 bits per heavy atom. The zero-order valence-electron chi connectivity index (χ0n) is 15.9. The molecule has 2 aromatic rings. The van der Waals surface area contributed by atoms with Gasteiger partial charge in [0.2, 0.25) is 0 Å². The van der Waals surface area contributed by atoms with Crippen LogP contribution < -0.4 is 15.0 Å². The van der Waals surface area contributed by atoms with Crippen molar-refractivity contribution in [2.45, 2.75) is 25.7 Å². The van der Waals surface area contributed by atoms with Gasteiger partial charge in [-0.3, -0.25) is 9.69 Å². The van der Waals surface area contributed by atoms with E-state index < -0.39 is 17.8 Å². The van der Waals surface area contributed by atoms with Crippen molar-refractivity contribution in [3.63, 3.8) is 0 Å². The quantitative estimate of drug-likeness (QED) is 0.849. The van der Waals surface area contributed by atoms with Crippen molar-refractivity contribution < 1.29 is 22.7 Å². The molecule has 1 aromatic heterocycles. The van der Waals surface area contributed by atoms with Gasteiger partial charge in [0, 0.05) is 38.9 Å². The normalized spacial score (nSPS) is 20.1. The fourth-order valence-electron chi connectivity index (χ4n) is 3.49. The smallest absolute Gasteiger partial charge is 0.417 e. The maximum atomic E-state index is 12.7. The molecule has 6 nitrogen and oxygen atoms in total. The number of nitrogens with zero attached hydrogens (tertiary/aromatic N) is 3. The van der Waals surface area contributed by atoms with Crippen LogP contribution in [0.25, 0.3) is 0 Å². The summed E-state index contributed by atoms with van der Waals surface area (Å²) in [6.45, 7) is 5.31. The maximum Gasteiger partial charge on any atom is 0.417 e. The van der Waals surface area contributed by atoms with Crippen molar-refractivity contribution in [2.24, 2.45) is 0 Å². The van der Waals surface area contributed by atoms with Gasteiger partial charge >= 0.3 is 6.18 Å². The van der Waals surface area contributed by atoms with Crippen LogP contribution >= 0.6 is 0 Å². The van der Waals surface area contributed by atoms with Gasteiger partial charge in [-0.05, 0) is 36.8 Å². The minimum Gasteiger partial charge on any atom is -0.479 e. The number of pyridine rings is 1. The third-order valence-electron chi connectivity index (χ3n) is 5.15. The molecule has 1 N–H and O–H groups in total. The first-order chi connectivity index (χ1) is 13.8. The predicted octanol–water partition coefficient (Wildman–Crippen LogP) is 3.14. The number of rotatable bonds is 3. The Morgan fingerprint density at radius 2 is 1.93 bits per heavy atom. The number of aromatic nitrogens is 1. The Hall–Kier alpha value is -2.81. The summed E-state index contributed by atoms with van der Waals surface area (Å²) in [6.07, 6.45) is -3.99. The number of halogens is 3. The van der Waals surface area contributed by atoms with E-state index >= 15 is 0 Å². The molecule has 1 amide bonds. The van der Waals surface area contributed by atoms with E-state index in [-0.39, 0.29) is 5.91 Å². The van der Waals surface area contributed by atoms with Crippen LogP contribution in [-0.2, 0) is 17.5 Å². The molecule has 3 heterocycles. The number of alkyl halides is 3. The van der Waals surface area contributed by atoms with E-state index in [2.05, 4.69) is 15.2 Å². The molecule has 1 atom stereocenters. The summed E-state index contributed by atoms with van der Waals surface area (Å²) in [7, 11) is 0. The summed E-state index contributed by atoms with van der Waals surface area (Å²) in [4.78, 5) is 20.0. The first-order valence-electron chi connectivity index (χ1n) is 9.40. The van der Waals surface area contributed by atoms with Gasteiger partial charge in [-0.1, -0.05) is 6.07 Å². The molecular formula is C20H21F3N4O2. The highest BCUT2D eigenvalue weighted by atomic mass is 19.4. The number of benzene rings is 1. The molecule has 154 valence electrons. The van der Waals surface area contributed by atoms with Crippen LogP contribution in [0.1, 0.15) is 18.1 Å². The zero-order valence-corrected chi connectivity index (χ0v) is 15.9. The van der Waals surface area contributed by atoms with Crippen LogP contribution in [0.3, 0.4) is 0 Å². The molecule has 9 heteroatoms. The van der Waals surface area contributed by atoms with Crippen molar-refractivity contribution in [1.82, 2.24) is 9.88 Å². The summed E-state index contributed by atoms with van der Waals surface area (Å²) < 4.78 is 43.6. The fourth-order valence-corrected chi connectivity index (χ4v) is 3.49. The lowest BCUT2D eigenvalue weighted by Gasteiger charge is -2.35. The van der Waals surface area contributed by atoms with Crippen LogP contribution in [0.15, 0.2) is 36.5 Å². The number of nitrogens with one attached hydrogen (secondary N) is 1. The van der Waals surface area contributed by atoms with Gasteiger partial charge in [-0.25, -0.2) is 4.98 Å². The molecule has 1 unspecified atom stereocenters. The molecule has 0 radical (unpaired) electrons. The number of piperazine rings is 1. The summed E-state index contributed by atoms with van der Waals surface area (Å²) in [6, 6.07) is 8.25. The molecular weight excluding hydrogens is 385 g/mol. The van der Waals surface area contributed by atoms with E-state index in [9.17, 15) is 18.0 Å². The number of hydrogen-bond acceptors (Lipinski definition) is 5. The third-order valence-corrected chi connectivity index (χ3v) is 5.15. The molecule has 29 heavy (non-hydrogen) atoms. The molecule has 1 fully saturated rings. The SMILES string of the molecule is CC1Oc2ccc(CN3CCN(c4ccc(C(F)(F)F)cn4)CC3)cc2NC1=O. The van der Waals surface area contributed by atoms with Gasteiger partial charge in [0.1, 0.15) is 11.6 Å². The molecule has 2 aliphatic rings. The van der Waals surface area contributed by atoms with Gasteiger partial charge < -0.3 is 15.0 Å². The van der Waals surface area contributed by atoms with Crippen molar-refractivity contribution >= 4 is 17.4 Å². The fraction of sp³-hybridized carbons (Fsp3) is 0.400. The maximum absolute atomic E-state index is 12.7. The van der Waals surface area contributed by atoms with Gasteiger partial charge in [0.25, 0.3) is 5.91 Å². The second-order valence-corrected chi connectivity index (χ2v) is 7.25. The predicted molar refractivity (Wildman–Crippen MR) is 102 cm³/mol. The van der Waals surface area contributed by atoms with Gasteiger partial charge in [0.05, 0.1) is 11.3 Å². The van der Waals surface area contributed by atoms with Crippen LogP contribution in [0.4, 0.5) is 24.7 Å². The summed E-state index contributed by atoms with van der Waals surface area (Å²) in [5.74, 6) is 1.06. The van der Waals surface area contributed by atoms with Crippen molar-refractivity contribution in [3.05, 3.63) is 47.7 Å². The van der Waals surface area contributed by atoms with Crippen molar-refractivity contribution in [1.29, 1.82) is 0 Å². The van der Waals surface area contributed by atoms with E-state index in [0.717, 1.165) is 30.9 Å². The number of ether oxygens (including phenoxy) is 1. The van der Waals surface area contributed by atoms with Crippen molar-refractivity contribution in [2.75, 3.05) is 36.4 Å². The highest BCUT2D eigenvalue weighted by Gasteiger charge is 2.31. The highest BCUT2D eigenvalue weighted by Crippen LogP contribution is 2.31. The van der Waals surface area contributed by atoms with Crippen LogP contribution in [0.2, 0.25) is 0 Å². The molecule has 0 bridgehead atoms. The first-order valence-corrected chi connectivity index (χ1v) is 9.40. The molecule has 1 aromatic carbocycles. The Balaban J connectivity index is 1.35. The Bertz CT molecular complexity index is 894. The molecule has 0 aliphatic carbocycles. The Kier molecular flexibility index (Phi) is 5.08. The largest absolute Gasteiger partial charge is 0.479 e. The van der Waals surface area contributed by atoms with Gasteiger partial charge in [-0.2, -0.15) is 13.2 Å². The zero-order chi connectivity index (χ0) is 20.6. The van der Waals surface area contributed by atoms with Gasteiger partial charge in [0.15, 0.2) is 6.10 Å². The average Bonchev–Trinajstić information content (AvgIpc) is 2.69. The molecule has 2 aliphatic heterocycles. The standard InChI is InChI=1S/C20H21F3N4O2/c1-13-19(28)25-16-10-14(2-4-17(16)29-13)12-26-6-8-27(9-7-26)18-5-3-15(11-24-18)20(21,22)23/h2-5,10-11,13H,6-9,12H2,1H3,(H,25,28). The molecule has 0 spiro atoms. The Labute approximate surface area is 166 Å². The second-order valence-electron chi connectivity index (χ2n) is 7.25. The van der Waals surface area contributed by atoms with E-state index in [4.69, 9.17) is 4.74 Å². The van der Waals surface area contributed by atoms with Crippen molar-refractivity contribution in [3.8, 4) is 5.75 Å². The number of amides is 1. The van der Waals surface area contributed by atoms with Gasteiger partial charge in [-0.15, -0.1) is 0 Å². The topological polar surface area (TPSA) is 57.7 Å². The summed E-state index contributed by atoms with van der Waals surface area (Å²) in [5.41, 5.74) is 0.999. The number of carbonyl (C=O) groups excluding carboxylic acids is 1. The third kappa shape index (κ3) is 4.29. The number of anilines is 2. The van der Waals surface area contributed by atoms with E-state index in [1.165, 1.54) is 6.07 Å². The van der Waals surface area contributed by atoms with E-state index in [1.54, 1.807) is 6.92 Å². The number of carbonyl (C=O) groups is 1. The molecule has 0 saturated carbocycles. The summed E-state index contributed by atoms with van der Waals surface area (Å²) >= 11 is 0. The lowest BCUT2D eigenvalue weighted by Crippen LogP contribution is -2.46. The lowest BCUT2D eigenvalue weighted by atomic mass is 10.1. The first kappa shape index (κ1) is 19.5. The van der Waals surface area contributed by atoms with Crippen LogP contribution in [0.5, 0.6) is 5.75 Å². The van der Waals surface area contributed by atoms with E-state index in [1.807, 2.05) is 23.1 Å².